The summed E-state index contributed by atoms with van der Waals surface area (Å²) in [6.45, 7) is 0. The largest absolute Gasteiger partial charge is 0.235 e. The van der Waals surface area contributed by atoms with E-state index in [1.165, 1.54) is 10.4 Å². The molecule has 3 aromatic rings. The molecule has 0 radical (unpaired) electrons. The van der Waals surface area contributed by atoms with Gasteiger partial charge in [0, 0.05) is 15.4 Å². The number of hydrogen-bond acceptors (Lipinski definition) is 3. The number of halogens is 1. The van der Waals surface area contributed by atoms with Crippen LogP contribution in [0.5, 0.6) is 0 Å². The van der Waals surface area contributed by atoms with Crippen molar-refractivity contribution in [1.29, 1.82) is 0 Å². The Bertz CT molecular complexity index is 628. The molecule has 0 aliphatic rings. The molecule has 0 fully saturated rings. The summed E-state index contributed by atoms with van der Waals surface area (Å²) in [7, 11) is 0. The lowest BCUT2D eigenvalue weighted by Gasteiger charge is -1.94. The fourth-order valence-corrected chi connectivity index (χ4v) is 4.00. The standard InChI is InChI=1S/C13H8BrNS2/c14-10-6-7-16-12(10)11-8-17-13(15-11)9-4-2-1-3-5-9/h1-8H. The Morgan fingerprint density at radius 2 is 1.82 bits per heavy atom. The van der Waals surface area contributed by atoms with Crippen LogP contribution in [0.3, 0.4) is 0 Å². The van der Waals surface area contributed by atoms with E-state index < -0.39 is 0 Å². The summed E-state index contributed by atoms with van der Waals surface area (Å²) >= 11 is 6.94. The number of rotatable bonds is 2. The van der Waals surface area contributed by atoms with Gasteiger partial charge in [0.2, 0.25) is 0 Å². The Labute approximate surface area is 116 Å². The van der Waals surface area contributed by atoms with Crippen molar-refractivity contribution in [3.05, 3.63) is 51.6 Å². The summed E-state index contributed by atoms with van der Waals surface area (Å²) in [5, 5.41) is 5.25. The molecule has 0 atom stereocenters. The minimum Gasteiger partial charge on any atom is -0.235 e. The molecule has 17 heavy (non-hydrogen) atoms. The van der Waals surface area contributed by atoms with Gasteiger partial charge in [0.25, 0.3) is 0 Å². The lowest BCUT2D eigenvalue weighted by molar-refractivity contribution is 1.42. The molecule has 0 spiro atoms. The van der Waals surface area contributed by atoms with Gasteiger partial charge >= 0.3 is 0 Å². The Balaban J connectivity index is 2.02. The van der Waals surface area contributed by atoms with Crippen LogP contribution in [0.4, 0.5) is 0 Å². The maximum Gasteiger partial charge on any atom is 0.124 e. The number of aromatic nitrogens is 1. The minimum atomic E-state index is 1.05. The summed E-state index contributed by atoms with van der Waals surface area (Å²) in [4.78, 5) is 5.88. The molecule has 0 amide bonds. The van der Waals surface area contributed by atoms with E-state index in [0.717, 1.165) is 15.2 Å². The highest BCUT2D eigenvalue weighted by Gasteiger charge is 2.09. The SMILES string of the molecule is Brc1ccsc1-c1csc(-c2ccccc2)n1. The minimum absolute atomic E-state index is 1.05. The number of nitrogens with zero attached hydrogens (tertiary/aromatic N) is 1. The zero-order valence-corrected chi connectivity index (χ0v) is 12.0. The van der Waals surface area contributed by atoms with Crippen molar-refractivity contribution < 1.29 is 0 Å². The average molecular weight is 322 g/mol. The van der Waals surface area contributed by atoms with Gasteiger partial charge in [-0.15, -0.1) is 22.7 Å². The van der Waals surface area contributed by atoms with Gasteiger partial charge in [-0.3, -0.25) is 0 Å². The summed E-state index contributed by atoms with van der Waals surface area (Å²) in [6.07, 6.45) is 0. The fraction of sp³-hybridized carbons (Fsp3) is 0. The van der Waals surface area contributed by atoms with Crippen LogP contribution in [-0.2, 0) is 0 Å². The maximum atomic E-state index is 4.68. The second-order valence-corrected chi connectivity index (χ2v) is 6.13. The molecule has 0 aliphatic carbocycles. The molecule has 0 N–H and O–H groups in total. The van der Waals surface area contributed by atoms with E-state index in [1.54, 1.807) is 22.7 Å². The normalized spacial score (nSPS) is 10.6. The topological polar surface area (TPSA) is 12.9 Å². The predicted octanol–water partition coefficient (Wildman–Crippen LogP) is 5.30. The van der Waals surface area contributed by atoms with Crippen molar-refractivity contribution in [2.45, 2.75) is 0 Å². The summed E-state index contributed by atoms with van der Waals surface area (Å²) in [5.41, 5.74) is 2.23. The Kier molecular flexibility index (Phi) is 3.09. The van der Waals surface area contributed by atoms with Crippen molar-refractivity contribution in [3.63, 3.8) is 0 Å². The molecule has 4 heteroatoms. The van der Waals surface area contributed by atoms with E-state index >= 15 is 0 Å². The molecule has 3 rings (SSSR count). The van der Waals surface area contributed by atoms with Gasteiger partial charge in [0.05, 0.1) is 10.6 Å². The monoisotopic (exact) mass is 321 g/mol. The highest BCUT2D eigenvalue weighted by atomic mass is 79.9. The molecular weight excluding hydrogens is 314 g/mol. The van der Waals surface area contributed by atoms with E-state index in [9.17, 15) is 0 Å². The molecule has 0 saturated carbocycles. The van der Waals surface area contributed by atoms with Gasteiger partial charge in [0.1, 0.15) is 5.01 Å². The summed E-state index contributed by atoms with van der Waals surface area (Å²) < 4.78 is 1.12. The number of thiazole rings is 1. The van der Waals surface area contributed by atoms with Gasteiger partial charge < -0.3 is 0 Å². The van der Waals surface area contributed by atoms with Crippen molar-refractivity contribution in [2.24, 2.45) is 0 Å². The number of hydrogen-bond donors (Lipinski definition) is 0. The highest BCUT2D eigenvalue weighted by molar-refractivity contribution is 9.10. The van der Waals surface area contributed by atoms with Crippen molar-refractivity contribution >= 4 is 38.6 Å². The van der Waals surface area contributed by atoms with Gasteiger partial charge in [-0.25, -0.2) is 4.98 Å². The van der Waals surface area contributed by atoms with Crippen LogP contribution >= 0.6 is 38.6 Å². The molecule has 1 nitrogen and oxygen atoms in total. The van der Waals surface area contributed by atoms with Gasteiger partial charge in [-0.05, 0) is 27.4 Å². The van der Waals surface area contributed by atoms with E-state index in [4.69, 9.17) is 0 Å². The van der Waals surface area contributed by atoms with E-state index in [2.05, 4.69) is 49.9 Å². The molecule has 0 saturated heterocycles. The zero-order valence-electron chi connectivity index (χ0n) is 8.76. The predicted molar refractivity (Wildman–Crippen MR) is 78.6 cm³/mol. The molecule has 1 aromatic carbocycles. The van der Waals surface area contributed by atoms with E-state index in [1.807, 2.05) is 18.2 Å². The number of thiophene rings is 1. The van der Waals surface area contributed by atoms with Crippen LogP contribution in [0.1, 0.15) is 0 Å². The first kappa shape index (κ1) is 11.1. The Hall–Kier alpha value is -0.970. The van der Waals surface area contributed by atoms with E-state index in [0.29, 0.717) is 0 Å². The van der Waals surface area contributed by atoms with Crippen molar-refractivity contribution in [2.75, 3.05) is 0 Å². The smallest absolute Gasteiger partial charge is 0.124 e. The third-order valence-corrected chi connectivity index (χ3v) is 5.13. The van der Waals surface area contributed by atoms with Crippen LogP contribution in [0, 0.1) is 0 Å². The fourth-order valence-electron chi connectivity index (χ4n) is 1.57. The van der Waals surface area contributed by atoms with Crippen molar-refractivity contribution in [3.8, 4) is 21.1 Å². The van der Waals surface area contributed by atoms with Gasteiger partial charge in [-0.1, -0.05) is 30.3 Å². The molecular formula is C13H8BrNS2. The maximum absolute atomic E-state index is 4.68. The summed E-state index contributed by atoms with van der Waals surface area (Å²) in [5.74, 6) is 0. The Morgan fingerprint density at radius 3 is 2.53 bits per heavy atom. The third kappa shape index (κ3) is 2.20. The van der Waals surface area contributed by atoms with Crippen LogP contribution in [-0.4, -0.2) is 4.98 Å². The third-order valence-electron chi connectivity index (χ3n) is 2.37. The zero-order chi connectivity index (χ0) is 11.7. The molecule has 2 aromatic heterocycles. The molecule has 84 valence electrons. The van der Waals surface area contributed by atoms with Crippen LogP contribution in [0.2, 0.25) is 0 Å². The van der Waals surface area contributed by atoms with Crippen LogP contribution in [0.25, 0.3) is 21.1 Å². The molecule has 2 heterocycles. The first-order valence-corrected chi connectivity index (χ1v) is 7.64. The quantitative estimate of drug-likeness (QED) is 0.624. The second-order valence-electron chi connectivity index (χ2n) is 3.50. The average Bonchev–Trinajstić information content (AvgIpc) is 2.98. The van der Waals surface area contributed by atoms with Crippen LogP contribution in [0.15, 0.2) is 51.6 Å². The van der Waals surface area contributed by atoms with Crippen molar-refractivity contribution in [1.82, 2.24) is 4.98 Å². The van der Waals surface area contributed by atoms with Crippen LogP contribution < -0.4 is 0 Å². The lowest BCUT2D eigenvalue weighted by atomic mass is 10.2. The number of benzene rings is 1. The Morgan fingerprint density at radius 1 is 1.00 bits per heavy atom. The van der Waals surface area contributed by atoms with E-state index in [-0.39, 0.29) is 0 Å². The first-order chi connectivity index (χ1) is 8.34. The molecule has 0 unspecified atom stereocenters. The summed E-state index contributed by atoms with van der Waals surface area (Å²) in [6, 6.07) is 12.3. The van der Waals surface area contributed by atoms with Gasteiger partial charge in [-0.2, -0.15) is 0 Å². The molecule has 0 bridgehead atoms. The first-order valence-electron chi connectivity index (χ1n) is 5.09. The second kappa shape index (κ2) is 4.72. The lowest BCUT2D eigenvalue weighted by Crippen LogP contribution is -1.76. The van der Waals surface area contributed by atoms with Gasteiger partial charge in [0.15, 0.2) is 0 Å². The molecule has 0 aliphatic heterocycles. The highest BCUT2D eigenvalue weighted by Crippen LogP contribution is 2.36.